The van der Waals surface area contributed by atoms with E-state index in [4.69, 9.17) is 4.74 Å². The van der Waals surface area contributed by atoms with Gasteiger partial charge in [0.1, 0.15) is 5.76 Å². The number of esters is 1. The van der Waals surface area contributed by atoms with Gasteiger partial charge in [-0.05, 0) is 13.3 Å². The van der Waals surface area contributed by atoms with Crippen LogP contribution in [0.5, 0.6) is 0 Å². The molecule has 0 saturated heterocycles. The Morgan fingerprint density at radius 2 is 2.50 bits per heavy atom. The molecular weight excluding hydrogens is 182 g/mol. The largest absolute Gasteiger partial charge is 0.510 e. The number of aliphatic hydroxyl groups excluding tert-OH is 1. The van der Waals surface area contributed by atoms with Gasteiger partial charge in [0.15, 0.2) is 0 Å². The highest BCUT2D eigenvalue weighted by Gasteiger charge is 2.10. The van der Waals surface area contributed by atoms with E-state index in [2.05, 4.69) is 4.99 Å². The first-order valence-corrected chi connectivity index (χ1v) is 4.83. The van der Waals surface area contributed by atoms with Gasteiger partial charge < -0.3 is 9.84 Å². The summed E-state index contributed by atoms with van der Waals surface area (Å²) in [4.78, 5) is 15.1. The lowest BCUT2D eigenvalue weighted by Crippen LogP contribution is -2.05. The molecule has 0 saturated carbocycles. The molecule has 0 bridgehead atoms. The Bertz CT molecular complexity index is 269. The standard InChI is InChI=1S/C10H15NO3/c1-2-14-10(13)6-5-8-9(12)4-3-7-11-8/h7,12H,2-6H2,1H3. The van der Waals surface area contributed by atoms with E-state index >= 15 is 0 Å². The third kappa shape index (κ3) is 3.20. The molecule has 14 heavy (non-hydrogen) atoms. The quantitative estimate of drug-likeness (QED) is 0.701. The second kappa shape index (κ2) is 5.42. The predicted octanol–water partition coefficient (Wildman–Crippen LogP) is 1.96. The molecule has 0 atom stereocenters. The molecule has 0 aromatic rings. The molecule has 1 aliphatic heterocycles. The van der Waals surface area contributed by atoms with Gasteiger partial charge in [-0.2, -0.15) is 0 Å². The summed E-state index contributed by atoms with van der Waals surface area (Å²) in [5, 5.41) is 9.43. The normalized spacial score (nSPS) is 15.8. The van der Waals surface area contributed by atoms with Crippen molar-refractivity contribution >= 4 is 12.2 Å². The molecule has 1 heterocycles. The Morgan fingerprint density at radius 1 is 1.71 bits per heavy atom. The van der Waals surface area contributed by atoms with Gasteiger partial charge >= 0.3 is 5.97 Å². The van der Waals surface area contributed by atoms with E-state index in [0.717, 1.165) is 6.42 Å². The number of carbonyl (C=O) groups excluding carboxylic acids is 1. The highest BCUT2D eigenvalue weighted by Crippen LogP contribution is 2.18. The average molecular weight is 197 g/mol. The van der Waals surface area contributed by atoms with E-state index in [9.17, 15) is 9.90 Å². The smallest absolute Gasteiger partial charge is 0.306 e. The van der Waals surface area contributed by atoms with Crippen LogP contribution < -0.4 is 0 Å². The molecule has 78 valence electrons. The zero-order valence-corrected chi connectivity index (χ0v) is 8.32. The van der Waals surface area contributed by atoms with Crippen LogP contribution >= 0.6 is 0 Å². The third-order valence-electron chi connectivity index (χ3n) is 1.96. The Balaban J connectivity index is 2.37. The van der Waals surface area contributed by atoms with Crippen molar-refractivity contribution in [2.75, 3.05) is 6.61 Å². The molecule has 4 nitrogen and oxygen atoms in total. The van der Waals surface area contributed by atoms with Crippen LogP contribution in [0.15, 0.2) is 16.4 Å². The minimum absolute atomic E-state index is 0.242. The molecule has 0 radical (unpaired) electrons. The fourth-order valence-electron chi connectivity index (χ4n) is 1.26. The van der Waals surface area contributed by atoms with Crippen molar-refractivity contribution in [3.63, 3.8) is 0 Å². The molecule has 1 N–H and O–H groups in total. The average Bonchev–Trinajstić information content (AvgIpc) is 2.17. The summed E-state index contributed by atoms with van der Waals surface area (Å²) in [5.74, 6) is 0.0605. The lowest BCUT2D eigenvalue weighted by Gasteiger charge is -2.09. The van der Waals surface area contributed by atoms with Crippen molar-refractivity contribution in [1.82, 2.24) is 0 Å². The summed E-state index contributed by atoms with van der Waals surface area (Å²) < 4.78 is 4.77. The molecule has 4 heteroatoms. The Labute approximate surface area is 83.3 Å². The first kappa shape index (κ1) is 10.8. The summed E-state index contributed by atoms with van der Waals surface area (Å²) in [6, 6.07) is 0. The topological polar surface area (TPSA) is 58.9 Å². The minimum Gasteiger partial charge on any atom is -0.510 e. The van der Waals surface area contributed by atoms with Crippen molar-refractivity contribution < 1.29 is 14.6 Å². The molecule has 0 aromatic carbocycles. The lowest BCUT2D eigenvalue weighted by atomic mass is 10.1. The highest BCUT2D eigenvalue weighted by molar-refractivity contribution is 5.70. The Kier molecular flexibility index (Phi) is 4.16. The molecule has 0 aliphatic carbocycles. The SMILES string of the molecule is CCOC(=O)CCC1=C(O)CCC=N1. The summed E-state index contributed by atoms with van der Waals surface area (Å²) in [6.45, 7) is 2.17. The van der Waals surface area contributed by atoms with Crippen LogP contribution in [0.4, 0.5) is 0 Å². The van der Waals surface area contributed by atoms with Gasteiger partial charge in [-0.1, -0.05) is 0 Å². The predicted molar refractivity (Wildman–Crippen MR) is 53.2 cm³/mol. The minimum atomic E-state index is -0.242. The number of hydrogen-bond acceptors (Lipinski definition) is 4. The van der Waals surface area contributed by atoms with Crippen LogP contribution in [0.3, 0.4) is 0 Å². The van der Waals surface area contributed by atoms with Crippen LogP contribution in [-0.4, -0.2) is 23.9 Å². The van der Waals surface area contributed by atoms with Crippen LogP contribution in [0.2, 0.25) is 0 Å². The molecule has 0 fully saturated rings. The van der Waals surface area contributed by atoms with Gasteiger partial charge in [0.25, 0.3) is 0 Å². The van der Waals surface area contributed by atoms with Gasteiger partial charge in [-0.25, -0.2) is 0 Å². The number of ether oxygens (including phenoxy) is 1. The molecule has 0 amide bonds. The van der Waals surface area contributed by atoms with E-state index in [1.54, 1.807) is 13.1 Å². The molecular formula is C10H15NO3. The van der Waals surface area contributed by atoms with Gasteiger partial charge in [-0.3, -0.25) is 9.79 Å². The maximum Gasteiger partial charge on any atom is 0.306 e. The zero-order chi connectivity index (χ0) is 10.4. The third-order valence-corrected chi connectivity index (χ3v) is 1.96. The second-order valence-corrected chi connectivity index (χ2v) is 3.05. The van der Waals surface area contributed by atoms with E-state index < -0.39 is 0 Å². The molecule has 0 aromatic heterocycles. The fourth-order valence-corrected chi connectivity index (χ4v) is 1.26. The number of nitrogens with zero attached hydrogens (tertiary/aromatic N) is 1. The molecule has 0 spiro atoms. The van der Waals surface area contributed by atoms with E-state index in [1.807, 2.05) is 0 Å². The Hall–Kier alpha value is -1.32. The number of carbonyl (C=O) groups is 1. The van der Waals surface area contributed by atoms with E-state index in [1.165, 1.54) is 0 Å². The first-order chi connectivity index (χ1) is 6.74. The van der Waals surface area contributed by atoms with E-state index in [-0.39, 0.29) is 12.4 Å². The van der Waals surface area contributed by atoms with Crippen molar-refractivity contribution in [2.24, 2.45) is 4.99 Å². The fraction of sp³-hybridized carbons (Fsp3) is 0.600. The van der Waals surface area contributed by atoms with Gasteiger partial charge in [0.2, 0.25) is 0 Å². The number of aliphatic imine (C=N–C) groups is 1. The number of allylic oxidation sites excluding steroid dienone is 2. The number of aliphatic hydroxyl groups is 1. The van der Waals surface area contributed by atoms with Crippen LogP contribution in [0, 0.1) is 0 Å². The van der Waals surface area contributed by atoms with Crippen molar-refractivity contribution in [1.29, 1.82) is 0 Å². The van der Waals surface area contributed by atoms with Crippen LogP contribution in [0.25, 0.3) is 0 Å². The zero-order valence-electron chi connectivity index (χ0n) is 8.32. The first-order valence-electron chi connectivity index (χ1n) is 4.83. The summed E-state index contributed by atoms with van der Waals surface area (Å²) in [6.07, 6.45) is 3.91. The summed E-state index contributed by atoms with van der Waals surface area (Å²) in [5.41, 5.74) is 0.615. The van der Waals surface area contributed by atoms with Gasteiger partial charge in [0.05, 0.1) is 18.7 Å². The monoisotopic (exact) mass is 197 g/mol. The van der Waals surface area contributed by atoms with Crippen molar-refractivity contribution in [3.8, 4) is 0 Å². The molecule has 0 unspecified atom stereocenters. The van der Waals surface area contributed by atoms with Crippen molar-refractivity contribution in [3.05, 3.63) is 11.5 Å². The van der Waals surface area contributed by atoms with Gasteiger partial charge in [0, 0.05) is 19.1 Å². The van der Waals surface area contributed by atoms with Gasteiger partial charge in [-0.15, -0.1) is 0 Å². The second-order valence-electron chi connectivity index (χ2n) is 3.05. The van der Waals surface area contributed by atoms with Crippen LogP contribution in [0.1, 0.15) is 32.6 Å². The summed E-state index contributed by atoms with van der Waals surface area (Å²) >= 11 is 0. The lowest BCUT2D eigenvalue weighted by molar-refractivity contribution is -0.143. The molecule has 1 aliphatic rings. The number of hydrogen-bond donors (Lipinski definition) is 1. The summed E-state index contributed by atoms with van der Waals surface area (Å²) in [7, 11) is 0. The van der Waals surface area contributed by atoms with E-state index in [0.29, 0.717) is 30.9 Å². The number of rotatable bonds is 4. The Morgan fingerprint density at radius 3 is 3.14 bits per heavy atom. The maximum absolute atomic E-state index is 11.0. The molecule has 1 rings (SSSR count). The van der Waals surface area contributed by atoms with Crippen LogP contribution in [-0.2, 0) is 9.53 Å². The maximum atomic E-state index is 11.0. The highest BCUT2D eigenvalue weighted by atomic mass is 16.5. The van der Waals surface area contributed by atoms with Crippen molar-refractivity contribution in [2.45, 2.75) is 32.6 Å².